The smallest absolute Gasteiger partial charge is 0.287 e. The van der Waals surface area contributed by atoms with E-state index in [4.69, 9.17) is 4.42 Å². The van der Waals surface area contributed by atoms with Crippen LogP contribution >= 0.6 is 0 Å². The van der Waals surface area contributed by atoms with Crippen molar-refractivity contribution in [2.45, 2.75) is 25.5 Å². The molecule has 1 aromatic heterocycles. The summed E-state index contributed by atoms with van der Waals surface area (Å²) in [7, 11) is 0. The second kappa shape index (κ2) is 6.84. The Labute approximate surface area is 138 Å². The van der Waals surface area contributed by atoms with E-state index in [2.05, 4.69) is 5.32 Å². The first-order valence-electron chi connectivity index (χ1n) is 7.75. The van der Waals surface area contributed by atoms with Crippen molar-refractivity contribution < 1.29 is 18.7 Å². The van der Waals surface area contributed by atoms with E-state index in [0.717, 1.165) is 5.56 Å². The van der Waals surface area contributed by atoms with Crippen LogP contribution in [0, 0.1) is 5.82 Å². The molecule has 0 radical (unpaired) electrons. The first-order chi connectivity index (χ1) is 11.5. The van der Waals surface area contributed by atoms with Crippen molar-refractivity contribution in [3.63, 3.8) is 0 Å². The summed E-state index contributed by atoms with van der Waals surface area (Å²) in [5, 5.41) is 13.5. The molecule has 0 aliphatic heterocycles. The molecule has 0 aliphatic carbocycles. The quantitative estimate of drug-likeness (QED) is 0.756. The number of carbonyl (C=O) groups excluding carboxylic acids is 1. The van der Waals surface area contributed by atoms with E-state index in [0.29, 0.717) is 17.4 Å². The van der Waals surface area contributed by atoms with Crippen LogP contribution in [-0.4, -0.2) is 23.2 Å². The standard InChI is InChI=1S/C19H18FNO3/c1-12(16(22)9-13-5-3-2-4-6-13)21-19(23)18-11-14-10-15(20)7-8-17(14)24-18/h2-8,10-12,16,22H,9H2,1H3,(H,21,23). The van der Waals surface area contributed by atoms with Gasteiger partial charge in [0.1, 0.15) is 11.4 Å². The normalized spacial score (nSPS) is 13.6. The molecule has 2 aromatic carbocycles. The monoisotopic (exact) mass is 327 g/mol. The zero-order valence-electron chi connectivity index (χ0n) is 13.2. The van der Waals surface area contributed by atoms with Gasteiger partial charge in [-0.25, -0.2) is 4.39 Å². The van der Waals surface area contributed by atoms with Gasteiger partial charge >= 0.3 is 0 Å². The molecular weight excluding hydrogens is 309 g/mol. The van der Waals surface area contributed by atoms with Crippen molar-refractivity contribution in [1.29, 1.82) is 0 Å². The predicted octanol–water partition coefficient (Wildman–Crippen LogP) is 3.29. The summed E-state index contributed by atoms with van der Waals surface area (Å²) < 4.78 is 18.6. The fourth-order valence-corrected chi connectivity index (χ4v) is 2.53. The highest BCUT2D eigenvalue weighted by Gasteiger charge is 2.20. The van der Waals surface area contributed by atoms with Crippen molar-refractivity contribution in [2.24, 2.45) is 0 Å². The van der Waals surface area contributed by atoms with E-state index in [1.54, 1.807) is 6.92 Å². The van der Waals surface area contributed by atoms with Gasteiger partial charge in [0, 0.05) is 11.8 Å². The first-order valence-corrected chi connectivity index (χ1v) is 7.75. The SMILES string of the molecule is CC(NC(=O)c1cc2cc(F)ccc2o1)C(O)Cc1ccccc1. The van der Waals surface area contributed by atoms with Gasteiger partial charge in [0.2, 0.25) is 0 Å². The Bertz CT molecular complexity index is 844. The second-order valence-electron chi connectivity index (χ2n) is 5.81. The molecule has 0 aliphatic rings. The number of hydrogen-bond donors (Lipinski definition) is 2. The van der Waals surface area contributed by atoms with Gasteiger partial charge in [0.05, 0.1) is 12.1 Å². The molecule has 1 heterocycles. The van der Waals surface area contributed by atoms with Crippen LogP contribution < -0.4 is 5.32 Å². The molecule has 5 heteroatoms. The van der Waals surface area contributed by atoms with Crippen LogP contribution in [0.2, 0.25) is 0 Å². The Kier molecular flexibility index (Phi) is 4.62. The molecule has 1 amide bonds. The molecule has 2 N–H and O–H groups in total. The Balaban J connectivity index is 1.66. The maximum Gasteiger partial charge on any atom is 0.287 e. The van der Waals surface area contributed by atoms with Gasteiger partial charge in [0.25, 0.3) is 5.91 Å². The molecular formula is C19H18FNO3. The van der Waals surface area contributed by atoms with Gasteiger partial charge in [0.15, 0.2) is 5.76 Å². The number of carbonyl (C=O) groups is 1. The summed E-state index contributed by atoms with van der Waals surface area (Å²) in [6.07, 6.45) is -0.286. The molecule has 3 aromatic rings. The summed E-state index contributed by atoms with van der Waals surface area (Å²) in [6, 6.07) is 14.7. The Morgan fingerprint density at radius 3 is 2.71 bits per heavy atom. The minimum atomic E-state index is -0.724. The Morgan fingerprint density at radius 2 is 1.96 bits per heavy atom. The molecule has 0 saturated heterocycles. The van der Waals surface area contributed by atoms with E-state index in [9.17, 15) is 14.3 Å². The van der Waals surface area contributed by atoms with Crippen LogP contribution in [0.3, 0.4) is 0 Å². The Morgan fingerprint density at radius 1 is 1.21 bits per heavy atom. The molecule has 3 rings (SSSR count). The first kappa shape index (κ1) is 16.2. The maximum atomic E-state index is 13.2. The van der Waals surface area contributed by atoms with Crippen LogP contribution in [0.25, 0.3) is 11.0 Å². The van der Waals surface area contributed by atoms with Gasteiger partial charge in [-0.3, -0.25) is 4.79 Å². The molecule has 4 nitrogen and oxygen atoms in total. The third kappa shape index (κ3) is 3.63. The number of aliphatic hydroxyl groups excluding tert-OH is 1. The highest BCUT2D eigenvalue weighted by molar-refractivity contribution is 5.96. The fourth-order valence-electron chi connectivity index (χ4n) is 2.53. The zero-order valence-corrected chi connectivity index (χ0v) is 13.2. The van der Waals surface area contributed by atoms with Crippen molar-refractivity contribution >= 4 is 16.9 Å². The van der Waals surface area contributed by atoms with Crippen LogP contribution in [0.5, 0.6) is 0 Å². The number of fused-ring (bicyclic) bond motifs is 1. The third-order valence-electron chi connectivity index (χ3n) is 3.93. The molecule has 0 fully saturated rings. The van der Waals surface area contributed by atoms with Crippen LogP contribution in [0.1, 0.15) is 23.0 Å². The highest BCUT2D eigenvalue weighted by atomic mass is 19.1. The van der Waals surface area contributed by atoms with Crippen molar-refractivity contribution in [3.05, 3.63) is 71.7 Å². The van der Waals surface area contributed by atoms with E-state index in [1.165, 1.54) is 24.3 Å². The van der Waals surface area contributed by atoms with Gasteiger partial charge < -0.3 is 14.8 Å². The van der Waals surface area contributed by atoms with Gasteiger partial charge in [-0.05, 0) is 36.8 Å². The number of benzene rings is 2. The van der Waals surface area contributed by atoms with E-state index >= 15 is 0 Å². The summed E-state index contributed by atoms with van der Waals surface area (Å²) in [5.74, 6) is -0.734. The zero-order chi connectivity index (χ0) is 17.1. The van der Waals surface area contributed by atoms with E-state index < -0.39 is 18.1 Å². The molecule has 0 saturated carbocycles. The van der Waals surface area contributed by atoms with E-state index in [-0.39, 0.29) is 11.6 Å². The number of furan rings is 1. The summed E-state index contributed by atoms with van der Waals surface area (Å²) >= 11 is 0. The van der Waals surface area contributed by atoms with Crippen molar-refractivity contribution in [1.82, 2.24) is 5.32 Å². The lowest BCUT2D eigenvalue weighted by atomic mass is 10.0. The van der Waals surface area contributed by atoms with Gasteiger partial charge in [-0.2, -0.15) is 0 Å². The minimum absolute atomic E-state index is 0.0920. The third-order valence-corrected chi connectivity index (χ3v) is 3.93. The maximum absolute atomic E-state index is 13.2. The topological polar surface area (TPSA) is 62.5 Å². The molecule has 124 valence electrons. The summed E-state index contributed by atoms with van der Waals surface area (Å²) in [6.45, 7) is 1.73. The average Bonchev–Trinajstić information content (AvgIpc) is 2.99. The van der Waals surface area contributed by atoms with Crippen molar-refractivity contribution in [2.75, 3.05) is 0 Å². The lowest BCUT2D eigenvalue weighted by Gasteiger charge is -2.19. The number of halogens is 1. The lowest BCUT2D eigenvalue weighted by Crippen LogP contribution is -2.42. The molecule has 2 unspecified atom stereocenters. The second-order valence-corrected chi connectivity index (χ2v) is 5.81. The molecule has 0 bridgehead atoms. The molecule has 24 heavy (non-hydrogen) atoms. The highest BCUT2D eigenvalue weighted by Crippen LogP contribution is 2.20. The van der Waals surface area contributed by atoms with Crippen LogP contribution in [-0.2, 0) is 6.42 Å². The number of hydrogen-bond acceptors (Lipinski definition) is 3. The Hall–Kier alpha value is -2.66. The fraction of sp³-hybridized carbons (Fsp3) is 0.211. The van der Waals surface area contributed by atoms with Crippen molar-refractivity contribution in [3.8, 4) is 0 Å². The predicted molar refractivity (Wildman–Crippen MR) is 89.3 cm³/mol. The van der Waals surface area contributed by atoms with Gasteiger partial charge in [-0.1, -0.05) is 30.3 Å². The summed E-state index contributed by atoms with van der Waals surface area (Å²) in [4.78, 5) is 12.3. The average molecular weight is 327 g/mol. The summed E-state index contributed by atoms with van der Waals surface area (Å²) in [5.41, 5.74) is 1.43. The van der Waals surface area contributed by atoms with Gasteiger partial charge in [-0.15, -0.1) is 0 Å². The lowest BCUT2D eigenvalue weighted by molar-refractivity contribution is 0.0828. The largest absolute Gasteiger partial charge is 0.451 e. The number of amides is 1. The van der Waals surface area contributed by atoms with Crippen LogP contribution in [0.15, 0.2) is 59.0 Å². The minimum Gasteiger partial charge on any atom is -0.451 e. The number of rotatable bonds is 5. The van der Waals surface area contributed by atoms with E-state index in [1.807, 2.05) is 30.3 Å². The van der Waals surface area contributed by atoms with Crippen LogP contribution in [0.4, 0.5) is 4.39 Å². The number of nitrogens with one attached hydrogen (secondary N) is 1. The molecule has 2 atom stereocenters. The molecule has 0 spiro atoms. The number of aliphatic hydroxyl groups is 1.